The lowest BCUT2D eigenvalue weighted by atomic mass is 10.0. The van der Waals surface area contributed by atoms with Gasteiger partial charge in [-0.15, -0.1) is 0 Å². The summed E-state index contributed by atoms with van der Waals surface area (Å²) in [5.74, 6) is 0.0603. The summed E-state index contributed by atoms with van der Waals surface area (Å²) >= 11 is 0. The summed E-state index contributed by atoms with van der Waals surface area (Å²) in [4.78, 5) is 11.5. The lowest BCUT2D eigenvalue weighted by Crippen LogP contribution is -2.44. The molecule has 0 aliphatic heterocycles. The number of nitrogens with zero attached hydrogens (tertiary/aromatic N) is 1. The van der Waals surface area contributed by atoms with Crippen LogP contribution in [0.2, 0.25) is 0 Å². The van der Waals surface area contributed by atoms with Crippen LogP contribution in [0, 0.1) is 0 Å². The Hall–Kier alpha value is -0.690. The van der Waals surface area contributed by atoms with E-state index in [2.05, 4.69) is 5.32 Å². The van der Waals surface area contributed by atoms with E-state index >= 15 is 0 Å². The molecule has 0 fully saturated rings. The average molecular weight is 362 g/mol. The van der Waals surface area contributed by atoms with Gasteiger partial charge >= 0.3 is 0 Å². The SMILES string of the molecule is CCC(=O)NC(C)(C)CCOC(C)(C)CCOCC(O)C[N+](C)(C)C. The number of hydrogen-bond donors (Lipinski definition) is 2. The van der Waals surface area contributed by atoms with Gasteiger partial charge in [0.1, 0.15) is 12.6 Å². The van der Waals surface area contributed by atoms with Gasteiger partial charge in [0.2, 0.25) is 5.91 Å². The van der Waals surface area contributed by atoms with Crippen LogP contribution in [0.15, 0.2) is 0 Å². The molecule has 0 aliphatic carbocycles. The van der Waals surface area contributed by atoms with Crippen molar-refractivity contribution in [2.75, 3.05) is 47.5 Å². The summed E-state index contributed by atoms with van der Waals surface area (Å²) in [5.41, 5.74) is -0.565. The molecule has 0 aromatic heterocycles. The minimum atomic E-state index is -0.452. The molecular formula is C19H41N2O4+. The molecule has 0 aliphatic rings. The van der Waals surface area contributed by atoms with Gasteiger partial charge < -0.3 is 24.4 Å². The molecule has 1 unspecified atom stereocenters. The Morgan fingerprint density at radius 1 is 1.12 bits per heavy atom. The number of aliphatic hydroxyl groups is 1. The average Bonchev–Trinajstić information content (AvgIpc) is 2.40. The number of rotatable bonds is 13. The summed E-state index contributed by atoms with van der Waals surface area (Å²) < 4.78 is 12.3. The van der Waals surface area contributed by atoms with Gasteiger partial charge in [-0.3, -0.25) is 4.79 Å². The maximum absolute atomic E-state index is 11.5. The second-order valence-corrected chi connectivity index (χ2v) is 9.10. The van der Waals surface area contributed by atoms with Gasteiger partial charge in [-0.1, -0.05) is 6.92 Å². The number of amides is 1. The molecule has 1 amide bonds. The van der Waals surface area contributed by atoms with Crippen LogP contribution in [-0.4, -0.2) is 80.2 Å². The van der Waals surface area contributed by atoms with E-state index in [1.54, 1.807) is 0 Å². The minimum absolute atomic E-state index is 0.0603. The van der Waals surface area contributed by atoms with Gasteiger partial charge in [0.25, 0.3) is 0 Å². The lowest BCUT2D eigenvalue weighted by molar-refractivity contribution is -0.873. The topological polar surface area (TPSA) is 67.8 Å². The van der Waals surface area contributed by atoms with E-state index in [-0.39, 0.29) is 17.0 Å². The Bertz CT molecular complexity index is 389. The Kier molecular flexibility index (Phi) is 10.2. The van der Waals surface area contributed by atoms with Gasteiger partial charge in [-0.25, -0.2) is 0 Å². The molecule has 1 atom stereocenters. The van der Waals surface area contributed by atoms with Crippen LogP contribution in [0.1, 0.15) is 53.9 Å². The minimum Gasteiger partial charge on any atom is -0.385 e. The summed E-state index contributed by atoms with van der Waals surface area (Å²) in [6.07, 6.45) is 1.55. The van der Waals surface area contributed by atoms with Crippen LogP contribution in [0.5, 0.6) is 0 Å². The van der Waals surface area contributed by atoms with E-state index in [0.29, 0.717) is 37.3 Å². The summed E-state index contributed by atoms with van der Waals surface area (Å²) in [5, 5.41) is 12.9. The molecule has 0 aromatic rings. The zero-order chi connectivity index (χ0) is 19.7. The molecule has 25 heavy (non-hydrogen) atoms. The van der Waals surface area contributed by atoms with Gasteiger partial charge in [0, 0.05) is 25.2 Å². The van der Waals surface area contributed by atoms with Gasteiger partial charge in [-0.2, -0.15) is 0 Å². The van der Waals surface area contributed by atoms with Crippen LogP contribution in [0.4, 0.5) is 0 Å². The fourth-order valence-corrected chi connectivity index (χ4v) is 2.41. The highest BCUT2D eigenvalue weighted by Crippen LogP contribution is 2.17. The van der Waals surface area contributed by atoms with Crippen LogP contribution >= 0.6 is 0 Å². The molecule has 0 bridgehead atoms. The smallest absolute Gasteiger partial charge is 0.220 e. The molecule has 0 saturated carbocycles. The normalized spacial score (nSPS) is 14.4. The number of nitrogens with one attached hydrogen (secondary N) is 1. The highest BCUT2D eigenvalue weighted by Gasteiger charge is 2.23. The third kappa shape index (κ3) is 14.2. The zero-order valence-electron chi connectivity index (χ0n) is 17.6. The number of carbonyl (C=O) groups is 1. The summed E-state index contributed by atoms with van der Waals surface area (Å²) in [6, 6.07) is 0. The third-order valence-corrected chi connectivity index (χ3v) is 3.94. The van der Waals surface area contributed by atoms with Crippen LogP contribution < -0.4 is 5.32 Å². The van der Waals surface area contributed by atoms with Gasteiger partial charge in [0.15, 0.2) is 0 Å². The number of ether oxygens (including phenoxy) is 2. The molecule has 0 aromatic carbocycles. The first kappa shape index (κ1) is 24.3. The maximum Gasteiger partial charge on any atom is 0.220 e. The Morgan fingerprint density at radius 3 is 2.24 bits per heavy atom. The predicted octanol–water partition coefficient (Wildman–Crippen LogP) is 1.95. The molecule has 2 N–H and O–H groups in total. The van der Waals surface area contributed by atoms with Crippen molar-refractivity contribution < 1.29 is 23.9 Å². The first-order valence-electron chi connectivity index (χ1n) is 9.27. The van der Waals surface area contributed by atoms with E-state index in [0.717, 1.165) is 12.8 Å². The van der Waals surface area contributed by atoms with Crippen molar-refractivity contribution in [3.63, 3.8) is 0 Å². The largest absolute Gasteiger partial charge is 0.385 e. The highest BCUT2D eigenvalue weighted by molar-refractivity contribution is 5.76. The molecule has 0 saturated heterocycles. The maximum atomic E-state index is 11.5. The second-order valence-electron chi connectivity index (χ2n) is 9.10. The molecule has 0 rings (SSSR count). The number of likely N-dealkylation sites (N-methyl/N-ethyl adjacent to an activating group) is 1. The second kappa shape index (κ2) is 10.5. The Morgan fingerprint density at radius 2 is 1.72 bits per heavy atom. The fourth-order valence-electron chi connectivity index (χ4n) is 2.41. The summed E-state index contributed by atoms with van der Waals surface area (Å²) in [7, 11) is 6.14. The molecule has 0 spiro atoms. The van der Waals surface area contributed by atoms with Gasteiger partial charge in [0.05, 0.1) is 33.4 Å². The molecular weight excluding hydrogens is 320 g/mol. The van der Waals surface area contributed by atoms with Crippen LogP contribution in [0.3, 0.4) is 0 Å². The Labute approximate surface area is 154 Å². The molecule has 0 heterocycles. The Balaban J connectivity index is 4.00. The van der Waals surface area contributed by atoms with Crippen LogP contribution in [0.25, 0.3) is 0 Å². The zero-order valence-corrected chi connectivity index (χ0v) is 17.6. The number of aliphatic hydroxyl groups excluding tert-OH is 1. The first-order chi connectivity index (χ1) is 11.3. The van der Waals surface area contributed by atoms with Crippen LogP contribution in [-0.2, 0) is 14.3 Å². The number of carbonyl (C=O) groups excluding carboxylic acids is 1. The van der Waals surface area contributed by atoms with E-state index in [1.807, 2.05) is 55.8 Å². The fraction of sp³-hybridized carbons (Fsp3) is 0.947. The van der Waals surface area contributed by atoms with Crippen molar-refractivity contribution in [1.29, 1.82) is 0 Å². The van der Waals surface area contributed by atoms with Crippen molar-refractivity contribution in [3.8, 4) is 0 Å². The van der Waals surface area contributed by atoms with Crippen molar-refractivity contribution in [2.45, 2.75) is 71.1 Å². The van der Waals surface area contributed by atoms with Gasteiger partial charge in [-0.05, 0) is 40.5 Å². The summed E-state index contributed by atoms with van der Waals surface area (Å²) in [6.45, 7) is 12.1. The predicted molar refractivity (Wildman–Crippen MR) is 102 cm³/mol. The molecule has 6 heteroatoms. The molecule has 0 radical (unpaired) electrons. The van der Waals surface area contributed by atoms with Crippen molar-refractivity contribution in [2.24, 2.45) is 0 Å². The monoisotopic (exact) mass is 361 g/mol. The highest BCUT2D eigenvalue weighted by atomic mass is 16.5. The van der Waals surface area contributed by atoms with E-state index < -0.39 is 6.10 Å². The van der Waals surface area contributed by atoms with E-state index in [9.17, 15) is 9.90 Å². The first-order valence-corrected chi connectivity index (χ1v) is 9.27. The number of quaternary nitrogens is 1. The standard InChI is InChI=1S/C19H40N2O4/c1-9-17(23)20-18(2,3)10-13-25-19(4,5)11-12-24-15-16(22)14-21(6,7)8/h16,22H,9-15H2,1-8H3/p+1. The van der Waals surface area contributed by atoms with Crippen molar-refractivity contribution >= 4 is 5.91 Å². The van der Waals surface area contributed by atoms with E-state index in [4.69, 9.17) is 9.47 Å². The lowest BCUT2D eigenvalue weighted by Gasteiger charge is -2.30. The third-order valence-electron chi connectivity index (χ3n) is 3.94. The van der Waals surface area contributed by atoms with Crippen molar-refractivity contribution in [1.82, 2.24) is 5.32 Å². The van der Waals surface area contributed by atoms with Crippen molar-refractivity contribution in [3.05, 3.63) is 0 Å². The quantitative estimate of drug-likeness (QED) is 0.389. The number of hydrogen-bond acceptors (Lipinski definition) is 4. The molecule has 6 nitrogen and oxygen atoms in total. The van der Waals surface area contributed by atoms with E-state index in [1.165, 1.54) is 0 Å². The molecule has 150 valence electrons.